The summed E-state index contributed by atoms with van der Waals surface area (Å²) < 4.78 is 0. The van der Waals surface area contributed by atoms with Gasteiger partial charge in [-0.05, 0) is 69.7 Å². The summed E-state index contributed by atoms with van der Waals surface area (Å²) in [4.78, 5) is 32.8. The second-order valence-electron chi connectivity index (χ2n) is 10.8. The molecule has 1 aromatic carbocycles. The number of aromatic nitrogens is 3. The summed E-state index contributed by atoms with van der Waals surface area (Å²) in [6, 6.07) is 12.4. The Hall–Kier alpha value is -3.49. The summed E-state index contributed by atoms with van der Waals surface area (Å²) in [5, 5.41) is 5.74. The zero-order chi connectivity index (χ0) is 26.6. The molecule has 2 N–H and O–H groups in total. The van der Waals surface area contributed by atoms with Gasteiger partial charge in [-0.25, -0.2) is 4.98 Å². The molecule has 2 saturated heterocycles. The molecule has 8 heteroatoms. The molecule has 0 radical (unpaired) electrons. The predicted octanol–water partition coefficient (Wildman–Crippen LogP) is 4.84. The fourth-order valence-electron chi connectivity index (χ4n) is 5.91. The normalized spacial score (nSPS) is 17.2. The van der Waals surface area contributed by atoms with E-state index in [1.54, 1.807) is 6.20 Å². The number of piperazine rings is 1. The highest BCUT2D eigenvalue weighted by molar-refractivity contribution is 5.99. The summed E-state index contributed by atoms with van der Waals surface area (Å²) in [6.45, 7) is 11.1. The lowest BCUT2D eigenvalue weighted by Crippen LogP contribution is -2.48. The zero-order valence-electron chi connectivity index (χ0n) is 23.0. The first-order valence-electron chi connectivity index (χ1n) is 14.5. The Morgan fingerprint density at radius 2 is 1.82 bits per heavy atom. The van der Waals surface area contributed by atoms with E-state index in [1.165, 1.54) is 32.4 Å². The highest BCUT2D eigenvalue weighted by atomic mass is 16.2. The van der Waals surface area contributed by atoms with Crippen LogP contribution in [0.3, 0.4) is 0 Å². The standard InChI is InChI=1S/C31H39N7O/c1-2-36-15-17-38(18-16-36)31(39)30-20-24-8-7-23(19-27(24)35-30)28-21-29(25-22-32-11-9-26(25)34-28)33-10-6-14-37-12-4-3-5-13-37/h7-9,11,19-22,35H,2-6,10,12-18H2,1H3,(H,33,34). The van der Waals surface area contributed by atoms with Crippen molar-refractivity contribution in [3.8, 4) is 11.3 Å². The lowest BCUT2D eigenvalue weighted by atomic mass is 10.1. The van der Waals surface area contributed by atoms with Gasteiger partial charge in [0.25, 0.3) is 5.91 Å². The van der Waals surface area contributed by atoms with E-state index in [0.717, 1.165) is 91.0 Å². The second kappa shape index (κ2) is 11.7. The molecule has 3 aromatic heterocycles. The number of H-pyrrole nitrogens is 1. The number of benzene rings is 1. The summed E-state index contributed by atoms with van der Waals surface area (Å²) in [7, 11) is 0. The number of fused-ring (bicyclic) bond motifs is 2. The van der Waals surface area contributed by atoms with Crippen molar-refractivity contribution in [2.45, 2.75) is 32.6 Å². The van der Waals surface area contributed by atoms with Crippen LogP contribution in [0, 0.1) is 0 Å². The number of hydrogen-bond donors (Lipinski definition) is 2. The highest BCUT2D eigenvalue weighted by Crippen LogP contribution is 2.30. The van der Waals surface area contributed by atoms with Gasteiger partial charge in [0.1, 0.15) is 5.69 Å². The van der Waals surface area contributed by atoms with Crippen LogP contribution in [0.4, 0.5) is 5.69 Å². The summed E-state index contributed by atoms with van der Waals surface area (Å²) in [5.41, 5.74) is 5.53. The number of aromatic amines is 1. The topological polar surface area (TPSA) is 80.4 Å². The van der Waals surface area contributed by atoms with Gasteiger partial charge < -0.3 is 25.0 Å². The number of pyridine rings is 2. The van der Waals surface area contributed by atoms with Crippen LogP contribution < -0.4 is 5.32 Å². The van der Waals surface area contributed by atoms with E-state index < -0.39 is 0 Å². The Balaban J connectivity index is 1.20. The minimum atomic E-state index is 0.0795. The number of carbonyl (C=O) groups is 1. The Morgan fingerprint density at radius 3 is 2.64 bits per heavy atom. The molecule has 6 rings (SSSR count). The predicted molar refractivity (Wildman–Crippen MR) is 158 cm³/mol. The highest BCUT2D eigenvalue weighted by Gasteiger charge is 2.22. The molecule has 1 amide bonds. The first kappa shape index (κ1) is 25.8. The molecule has 2 aliphatic heterocycles. The number of carbonyl (C=O) groups excluding carboxylic acids is 1. The van der Waals surface area contributed by atoms with E-state index in [2.05, 4.69) is 56.3 Å². The fourth-order valence-corrected chi connectivity index (χ4v) is 5.91. The first-order chi connectivity index (χ1) is 19.2. The minimum absolute atomic E-state index is 0.0795. The zero-order valence-corrected chi connectivity index (χ0v) is 23.0. The summed E-state index contributed by atoms with van der Waals surface area (Å²) >= 11 is 0. The van der Waals surface area contributed by atoms with Crippen LogP contribution in [0.1, 0.15) is 43.1 Å². The molecule has 204 valence electrons. The lowest BCUT2D eigenvalue weighted by Gasteiger charge is -2.33. The van der Waals surface area contributed by atoms with Crippen LogP contribution in [0.2, 0.25) is 0 Å². The lowest BCUT2D eigenvalue weighted by molar-refractivity contribution is 0.0638. The first-order valence-corrected chi connectivity index (χ1v) is 14.5. The minimum Gasteiger partial charge on any atom is -0.384 e. The van der Waals surface area contributed by atoms with Gasteiger partial charge in [-0.15, -0.1) is 0 Å². The monoisotopic (exact) mass is 525 g/mol. The number of likely N-dealkylation sites (N-methyl/N-ethyl adjacent to an activating group) is 1. The van der Waals surface area contributed by atoms with Crippen molar-refractivity contribution in [2.75, 3.05) is 64.2 Å². The molecule has 2 fully saturated rings. The van der Waals surface area contributed by atoms with Crippen molar-refractivity contribution in [3.63, 3.8) is 0 Å². The maximum atomic E-state index is 13.2. The fraction of sp³-hybridized carbons (Fsp3) is 0.452. The average molecular weight is 526 g/mol. The Kier molecular flexibility index (Phi) is 7.74. The van der Waals surface area contributed by atoms with Crippen molar-refractivity contribution >= 4 is 33.4 Å². The third-order valence-electron chi connectivity index (χ3n) is 8.28. The van der Waals surface area contributed by atoms with Gasteiger partial charge in [0.2, 0.25) is 0 Å². The van der Waals surface area contributed by atoms with E-state index >= 15 is 0 Å². The second-order valence-corrected chi connectivity index (χ2v) is 10.8. The van der Waals surface area contributed by atoms with E-state index in [9.17, 15) is 4.79 Å². The molecule has 0 atom stereocenters. The maximum Gasteiger partial charge on any atom is 0.270 e. The third-order valence-corrected chi connectivity index (χ3v) is 8.28. The molecule has 0 spiro atoms. The Bertz CT molecular complexity index is 1430. The van der Waals surface area contributed by atoms with E-state index in [4.69, 9.17) is 4.98 Å². The van der Waals surface area contributed by atoms with Crippen molar-refractivity contribution in [1.29, 1.82) is 0 Å². The largest absolute Gasteiger partial charge is 0.384 e. The van der Waals surface area contributed by atoms with E-state index in [1.807, 2.05) is 23.2 Å². The molecule has 0 unspecified atom stereocenters. The van der Waals surface area contributed by atoms with Crippen LogP contribution in [-0.2, 0) is 0 Å². The quantitative estimate of drug-likeness (QED) is 0.321. The van der Waals surface area contributed by atoms with Gasteiger partial charge in [0.05, 0.1) is 11.2 Å². The van der Waals surface area contributed by atoms with Crippen molar-refractivity contribution in [3.05, 3.63) is 54.5 Å². The van der Waals surface area contributed by atoms with Crippen LogP contribution in [-0.4, -0.2) is 94.5 Å². The third kappa shape index (κ3) is 5.77. The van der Waals surface area contributed by atoms with Gasteiger partial charge in [-0.2, -0.15) is 0 Å². The molecule has 39 heavy (non-hydrogen) atoms. The van der Waals surface area contributed by atoms with Crippen molar-refractivity contribution < 1.29 is 4.79 Å². The number of rotatable bonds is 8. The number of anilines is 1. The SMILES string of the molecule is CCN1CCN(C(=O)c2cc3ccc(-c4cc(NCCCN5CCCCC5)c5cnccc5n4)cc3[nH]2)CC1. The molecule has 0 saturated carbocycles. The number of amides is 1. The van der Waals surface area contributed by atoms with Crippen LogP contribution in [0.25, 0.3) is 33.1 Å². The Morgan fingerprint density at radius 1 is 0.974 bits per heavy atom. The molecule has 2 aliphatic rings. The van der Waals surface area contributed by atoms with Gasteiger partial charge in [-0.1, -0.05) is 25.5 Å². The van der Waals surface area contributed by atoms with Crippen LogP contribution in [0.5, 0.6) is 0 Å². The number of nitrogens with zero attached hydrogens (tertiary/aromatic N) is 5. The Labute approximate surface area is 230 Å². The number of hydrogen-bond acceptors (Lipinski definition) is 6. The summed E-state index contributed by atoms with van der Waals surface area (Å²) in [5.74, 6) is 0.0795. The van der Waals surface area contributed by atoms with Crippen LogP contribution in [0.15, 0.2) is 48.8 Å². The van der Waals surface area contributed by atoms with E-state index in [0.29, 0.717) is 5.69 Å². The molecule has 4 aromatic rings. The van der Waals surface area contributed by atoms with E-state index in [-0.39, 0.29) is 5.91 Å². The van der Waals surface area contributed by atoms with Crippen LogP contribution >= 0.6 is 0 Å². The maximum absolute atomic E-state index is 13.2. The summed E-state index contributed by atoms with van der Waals surface area (Å²) in [6.07, 6.45) is 8.83. The molecular formula is C31H39N7O. The molecule has 8 nitrogen and oxygen atoms in total. The molecule has 0 aliphatic carbocycles. The van der Waals surface area contributed by atoms with Gasteiger partial charge in [0.15, 0.2) is 0 Å². The average Bonchev–Trinajstić information content (AvgIpc) is 3.43. The molecular weight excluding hydrogens is 486 g/mol. The molecule has 5 heterocycles. The van der Waals surface area contributed by atoms with Gasteiger partial charge >= 0.3 is 0 Å². The molecule has 0 bridgehead atoms. The smallest absolute Gasteiger partial charge is 0.270 e. The van der Waals surface area contributed by atoms with Gasteiger partial charge in [-0.3, -0.25) is 9.78 Å². The number of piperidine rings is 1. The van der Waals surface area contributed by atoms with Crippen molar-refractivity contribution in [1.82, 2.24) is 29.7 Å². The number of nitrogens with one attached hydrogen (secondary N) is 2. The van der Waals surface area contributed by atoms with Gasteiger partial charge in [0, 0.05) is 72.7 Å². The van der Waals surface area contributed by atoms with Crippen molar-refractivity contribution in [2.24, 2.45) is 0 Å². The number of likely N-dealkylation sites (tertiary alicyclic amines) is 1.